The number of halogens is 2. The maximum atomic E-state index is 14.2. The maximum Gasteiger partial charge on any atom is 0.190 e. The van der Waals surface area contributed by atoms with E-state index in [0.717, 1.165) is 25.9 Å². The van der Waals surface area contributed by atoms with E-state index in [1.54, 1.807) is 24.5 Å². The Kier molecular flexibility index (Phi) is 4.63. The molecule has 0 unspecified atom stereocenters. The fourth-order valence-electron chi connectivity index (χ4n) is 2.65. The zero-order valence-corrected chi connectivity index (χ0v) is 12.2. The van der Waals surface area contributed by atoms with E-state index in [1.165, 1.54) is 12.1 Å². The molecule has 1 N–H and O–H groups in total. The Balaban J connectivity index is 1.75. The molecule has 0 amide bonds. The molecule has 1 aliphatic rings. The first-order chi connectivity index (χ1) is 10.7. The van der Waals surface area contributed by atoms with Gasteiger partial charge in [-0.1, -0.05) is 6.07 Å². The van der Waals surface area contributed by atoms with Crippen molar-refractivity contribution in [2.24, 2.45) is 5.92 Å². The van der Waals surface area contributed by atoms with Gasteiger partial charge < -0.3 is 10.1 Å². The fourth-order valence-corrected chi connectivity index (χ4v) is 2.65. The second kappa shape index (κ2) is 6.83. The van der Waals surface area contributed by atoms with E-state index in [9.17, 15) is 8.78 Å². The van der Waals surface area contributed by atoms with Crippen molar-refractivity contribution in [3.63, 3.8) is 0 Å². The van der Waals surface area contributed by atoms with Gasteiger partial charge in [-0.05, 0) is 55.6 Å². The minimum Gasteiger partial charge on any atom is -0.487 e. The zero-order valence-electron chi connectivity index (χ0n) is 12.2. The first-order valence-corrected chi connectivity index (χ1v) is 7.47. The summed E-state index contributed by atoms with van der Waals surface area (Å²) in [5.74, 6) is -1.29. The molecular weight excluding hydrogens is 286 g/mol. The maximum absolute atomic E-state index is 14.2. The number of hydrogen-bond donors (Lipinski definition) is 1. The molecule has 0 spiro atoms. The molecule has 1 fully saturated rings. The summed E-state index contributed by atoms with van der Waals surface area (Å²) in [6, 6.07) is 6.07. The minimum atomic E-state index is -0.673. The average Bonchev–Trinajstić information content (AvgIpc) is 2.56. The molecular formula is C17H18F2N2O. The van der Waals surface area contributed by atoms with Gasteiger partial charge in [-0.25, -0.2) is 8.78 Å². The number of nitrogens with zero attached hydrogens (tertiary/aromatic N) is 1. The molecule has 1 aliphatic heterocycles. The number of hydrogen-bond acceptors (Lipinski definition) is 3. The number of aromatic nitrogens is 1. The van der Waals surface area contributed by atoms with Gasteiger partial charge in [-0.3, -0.25) is 4.98 Å². The quantitative estimate of drug-likeness (QED) is 0.940. The average molecular weight is 304 g/mol. The van der Waals surface area contributed by atoms with Crippen molar-refractivity contribution in [3.05, 3.63) is 48.3 Å². The lowest BCUT2D eigenvalue weighted by Gasteiger charge is -2.22. The summed E-state index contributed by atoms with van der Waals surface area (Å²) in [4.78, 5) is 3.96. The third-order valence-electron chi connectivity index (χ3n) is 3.92. The van der Waals surface area contributed by atoms with Crippen LogP contribution >= 0.6 is 0 Å². The number of nitrogens with one attached hydrogen (secondary N) is 1. The van der Waals surface area contributed by atoms with Crippen LogP contribution in [0.2, 0.25) is 0 Å². The summed E-state index contributed by atoms with van der Waals surface area (Å²) in [5, 5.41) is 3.25. The third-order valence-corrected chi connectivity index (χ3v) is 3.92. The fraction of sp³-hybridized carbons (Fsp3) is 0.353. The van der Waals surface area contributed by atoms with Crippen molar-refractivity contribution in [1.29, 1.82) is 0 Å². The molecule has 0 saturated carbocycles. The van der Waals surface area contributed by atoms with Crippen LogP contribution in [0.5, 0.6) is 5.75 Å². The molecule has 3 nitrogen and oxygen atoms in total. The highest BCUT2D eigenvalue weighted by Gasteiger charge is 2.18. The van der Waals surface area contributed by atoms with Crippen LogP contribution in [0, 0.1) is 17.6 Å². The van der Waals surface area contributed by atoms with E-state index in [-0.39, 0.29) is 5.75 Å². The van der Waals surface area contributed by atoms with Gasteiger partial charge >= 0.3 is 0 Å². The summed E-state index contributed by atoms with van der Waals surface area (Å²) in [6.45, 7) is 2.21. The lowest BCUT2D eigenvalue weighted by Crippen LogP contribution is -2.30. The summed E-state index contributed by atoms with van der Waals surface area (Å²) in [6.07, 6.45) is 5.13. The molecule has 22 heavy (non-hydrogen) atoms. The number of ether oxygens (including phenoxy) is 1. The van der Waals surface area contributed by atoms with Crippen LogP contribution in [0.15, 0.2) is 36.7 Å². The number of rotatable bonds is 4. The van der Waals surface area contributed by atoms with Crippen molar-refractivity contribution in [2.75, 3.05) is 19.7 Å². The highest BCUT2D eigenvalue weighted by molar-refractivity contribution is 5.63. The molecule has 1 aromatic heterocycles. The summed E-state index contributed by atoms with van der Waals surface area (Å²) in [7, 11) is 0. The number of benzene rings is 1. The van der Waals surface area contributed by atoms with Crippen LogP contribution in [0.4, 0.5) is 8.78 Å². The molecule has 2 aromatic rings. The third kappa shape index (κ3) is 3.42. The molecule has 2 heterocycles. The normalized spacial score (nSPS) is 15.7. The van der Waals surface area contributed by atoms with E-state index in [1.807, 2.05) is 0 Å². The molecule has 0 bridgehead atoms. The van der Waals surface area contributed by atoms with E-state index >= 15 is 0 Å². The molecule has 0 atom stereocenters. The molecule has 0 aliphatic carbocycles. The van der Waals surface area contributed by atoms with Gasteiger partial charge in [-0.2, -0.15) is 0 Å². The first-order valence-electron chi connectivity index (χ1n) is 7.47. The predicted molar refractivity (Wildman–Crippen MR) is 80.7 cm³/mol. The smallest absolute Gasteiger partial charge is 0.190 e. The molecule has 3 rings (SSSR count). The van der Waals surface area contributed by atoms with Crippen LogP contribution in [-0.4, -0.2) is 24.7 Å². The van der Waals surface area contributed by atoms with Crippen molar-refractivity contribution in [1.82, 2.24) is 10.3 Å². The van der Waals surface area contributed by atoms with Gasteiger partial charge in [0.2, 0.25) is 0 Å². The lowest BCUT2D eigenvalue weighted by molar-refractivity contribution is 0.201. The molecule has 5 heteroatoms. The van der Waals surface area contributed by atoms with Gasteiger partial charge in [0, 0.05) is 18.0 Å². The van der Waals surface area contributed by atoms with Gasteiger partial charge in [0.25, 0.3) is 0 Å². The lowest BCUT2D eigenvalue weighted by atomic mass is 9.99. The van der Waals surface area contributed by atoms with Gasteiger partial charge in [0.1, 0.15) is 0 Å². The van der Waals surface area contributed by atoms with Crippen molar-refractivity contribution < 1.29 is 13.5 Å². The Morgan fingerprint density at radius 3 is 2.50 bits per heavy atom. The standard InChI is InChI=1S/C17H18F2N2O/c18-15-8-14(13-2-1-5-21-10-13)9-16(19)17(15)22-11-12-3-6-20-7-4-12/h1-2,5,8-10,12,20H,3-4,6-7,11H2. The summed E-state index contributed by atoms with van der Waals surface area (Å²) in [5.41, 5.74) is 1.13. The van der Waals surface area contributed by atoms with E-state index < -0.39 is 11.6 Å². The minimum absolute atomic E-state index is 0.286. The Morgan fingerprint density at radius 1 is 1.14 bits per heavy atom. The Hall–Kier alpha value is -2.01. The van der Waals surface area contributed by atoms with E-state index in [4.69, 9.17) is 4.74 Å². The molecule has 1 aromatic carbocycles. The first kappa shape index (κ1) is 14.9. The van der Waals surface area contributed by atoms with Gasteiger partial charge in [-0.15, -0.1) is 0 Å². The topological polar surface area (TPSA) is 34.1 Å². The Bertz CT molecular complexity index is 605. The second-order valence-electron chi connectivity index (χ2n) is 5.52. The predicted octanol–water partition coefficient (Wildman–Crippen LogP) is 3.41. The van der Waals surface area contributed by atoms with Crippen LogP contribution < -0.4 is 10.1 Å². The SMILES string of the molecule is Fc1cc(-c2cccnc2)cc(F)c1OCC1CCNCC1. The van der Waals surface area contributed by atoms with Crippen LogP contribution in [0.1, 0.15) is 12.8 Å². The highest BCUT2D eigenvalue weighted by atomic mass is 19.1. The van der Waals surface area contributed by atoms with Gasteiger partial charge in [0.15, 0.2) is 17.4 Å². The summed E-state index contributed by atoms with van der Waals surface area (Å²) >= 11 is 0. The Morgan fingerprint density at radius 2 is 1.86 bits per heavy atom. The second-order valence-corrected chi connectivity index (χ2v) is 5.52. The molecule has 1 saturated heterocycles. The molecule has 0 radical (unpaired) electrons. The number of piperidine rings is 1. The van der Waals surface area contributed by atoms with Crippen LogP contribution in [0.3, 0.4) is 0 Å². The monoisotopic (exact) mass is 304 g/mol. The van der Waals surface area contributed by atoms with Crippen LogP contribution in [0.25, 0.3) is 11.1 Å². The highest BCUT2D eigenvalue weighted by Crippen LogP contribution is 2.29. The summed E-state index contributed by atoms with van der Waals surface area (Å²) < 4.78 is 33.7. The largest absolute Gasteiger partial charge is 0.487 e. The van der Waals surface area contributed by atoms with Gasteiger partial charge in [0.05, 0.1) is 6.61 Å². The Labute approximate surface area is 128 Å². The van der Waals surface area contributed by atoms with E-state index in [2.05, 4.69) is 10.3 Å². The van der Waals surface area contributed by atoms with Crippen LogP contribution in [-0.2, 0) is 0 Å². The number of pyridine rings is 1. The van der Waals surface area contributed by atoms with Crippen molar-refractivity contribution in [2.45, 2.75) is 12.8 Å². The van der Waals surface area contributed by atoms with Crippen molar-refractivity contribution >= 4 is 0 Å². The zero-order chi connectivity index (χ0) is 15.4. The van der Waals surface area contributed by atoms with Crippen molar-refractivity contribution in [3.8, 4) is 16.9 Å². The van der Waals surface area contributed by atoms with E-state index in [0.29, 0.717) is 23.7 Å². The molecule has 116 valence electrons.